The Morgan fingerprint density at radius 1 is 0.741 bits per heavy atom. The van der Waals surface area contributed by atoms with Gasteiger partial charge in [-0.05, 0) is 36.4 Å². The van der Waals surface area contributed by atoms with E-state index in [1.807, 2.05) is 0 Å². The standard InChI is InChI=1S/C20H12Cl2O5/c21-15-7-3-1-5-13(15)19(24)26-12-9-10-17(23)18(11-12)27-20(25)14-6-2-4-8-16(14)22/h1-11,23H. The van der Waals surface area contributed by atoms with Crippen LogP contribution in [0.2, 0.25) is 10.0 Å². The maximum absolute atomic E-state index is 12.2. The molecule has 0 spiro atoms. The molecule has 0 bridgehead atoms. The van der Waals surface area contributed by atoms with Crippen LogP contribution in [0.25, 0.3) is 0 Å². The van der Waals surface area contributed by atoms with Gasteiger partial charge < -0.3 is 14.6 Å². The quantitative estimate of drug-likeness (QED) is 0.483. The highest BCUT2D eigenvalue weighted by atomic mass is 35.5. The highest BCUT2D eigenvalue weighted by Gasteiger charge is 2.17. The van der Waals surface area contributed by atoms with E-state index in [1.54, 1.807) is 36.4 Å². The second-order valence-electron chi connectivity index (χ2n) is 5.37. The van der Waals surface area contributed by atoms with E-state index >= 15 is 0 Å². The van der Waals surface area contributed by atoms with Gasteiger partial charge in [0.15, 0.2) is 11.5 Å². The third-order valence-electron chi connectivity index (χ3n) is 3.53. The summed E-state index contributed by atoms with van der Waals surface area (Å²) in [6.45, 7) is 0. The fourth-order valence-electron chi connectivity index (χ4n) is 2.21. The minimum Gasteiger partial charge on any atom is -0.504 e. The molecule has 136 valence electrons. The smallest absolute Gasteiger partial charge is 0.345 e. The van der Waals surface area contributed by atoms with Crippen LogP contribution in [-0.4, -0.2) is 17.0 Å². The van der Waals surface area contributed by atoms with E-state index in [1.165, 1.54) is 30.3 Å². The number of rotatable bonds is 4. The molecule has 0 amide bonds. The van der Waals surface area contributed by atoms with E-state index in [4.69, 9.17) is 32.7 Å². The Balaban J connectivity index is 1.80. The zero-order chi connectivity index (χ0) is 19.4. The van der Waals surface area contributed by atoms with E-state index in [2.05, 4.69) is 0 Å². The Hall–Kier alpha value is -3.02. The van der Waals surface area contributed by atoms with Crippen molar-refractivity contribution in [3.63, 3.8) is 0 Å². The van der Waals surface area contributed by atoms with Crippen molar-refractivity contribution >= 4 is 35.1 Å². The van der Waals surface area contributed by atoms with Crippen molar-refractivity contribution in [1.82, 2.24) is 0 Å². The third kappa shape index (κ3) is 4.39. The lowest BCUT2D eigenvalue weighted by Gasteiger charge is -2.10. The monoisotopic (exact) mass is 402 g/mol. The summed E-state index contributed by atoms with van der Waals surface area (Å²) in [5.41, 5.74) is 0.318. The Labute approximate surface area is 164 Å². The normalized spacial score (nSPS) is 10.3. The summed E-state index contributed by atoms with van der Waals surface area (Å²) in [5, 5.41) is 10.4. The number of hydrogen-bond acceptors (Lipinski definition) is 5. The van der Waals surface area contributed by atoms with Gasteiger partial charge >= 0.3 is 11.9 Å². The van der Waals surface area contributed by atoms with E-state index < -0.39 is 11.9 Å². The van der Waals surface area contributed by atoms with Crippen molar-refractivity contribution in [3.05, 3.63) is 87.9 Å². The Bertz CT molecular complexity index is 1020. The zero-order valence-corrected chi connectivity index (χ0v) is 15.2. The molecule has 0 heterocycles. The first-order valence-electron chi connectivity index (χ1n) is 7.72. The molecule has 0 radical (unpaired) electrons. The molecule has 3 rings (SSSR count). The molecule has 0 unspecified atom stereocenters. The molecule has 1 N–H and O–H groups in total. The highest BCUT2D eigenvalue weighted by molar-refractivity contribution is 6.34. The molecule has 0 saturated carbocycles. The number of benzene rings is 3. The first kappa shape index (κ1) is 18.8. The van der Waals surface area contributed by atoms with Crippen LogP contribution in [0.1, 0.15) is 20.7 Å². The van der Waals surface area contributed by atoms with Crippen molar-refractivity contribution in [2.75, 3.05) is 0 Å². The predicted octanol–water partition coefficient (Wildman–Crippen LogP) is 5.14. The summed E-state index contributed by atoms with van der Waals surface area (Å²) in [4.78, 5) is 24.5. The van der Waals surface area contributed by atoms with Gasteiger partial charge in [-0.25, -0.2) is 9.59 Å². The molecular weight excluding hydrogens is 391 g/mol. The number of phenols is 1. The number of ether oxygens (including phenoxy) is 2. The molecule has 0 aliphatic carbocycles. The van der Waals surface area contributed by atoms with Gasteiger partial charge in [-0.2, -0.15) is 0 Å². The largest absolute Gasteiger partial charge is 0.504 e. The van der Waals surface area contributed by atoms with E-state index in [0.29, 0.717) is 0 Å². The molecule has 0 aliphatic rings. The maximum atomic E-state index is 12.2. The number of carbonyl (C=O) groups excluding carboxylic acids is 2. The lowest BCUT2D eigenvalue weighted by atomic mass is 10.2. The van der Waals surface area contributed by atoms with Crippen molar-refractivity contribution in [3.8, 4) is 17.2 Å². The molecule has 0 fully saturated rings. The van der Waals surface area contributed by atoms with Gasteiger partial charge in [-0.3, -0.25) is 0 Å². The molecule has 5 nitrogen and oxygen atoms in total. The van der Waals surface area contributed by atoms with E-state index in [-0.39, 0.29) is 38.4 Å². The first-order chi connectivity index (χ1) is 13.0. The van der Waals surface area contributed by atoms with Crippen LogP contribution in [0.5, 0.6) is 17.2 Å². The average molecular weight is 403 g/mol. The van der Waals surface area contributed by atoms with Gasteiger partial charge in [0.2, 0.25) is 0 Å². The minimum atomic E-state index is -0.759. The fourth-order valence-corrected chi connectivity index (χ4v) is 2.64. The summed E-state index contributed by atoms with van der Waals surface area (Å²) in [6, 6.07) is 16.6. The van der Waals surface area contributed by atoms with Crippen LogP contribution in [0.3, 0.4) is 0 Å². The van der Waals surface area contributed by atoms with Crippen molar-refractivity contribution in [2.24, 2.45) is 0 Å². The summed E-state index contributed by atoms with van der Waals surface area (Å²) in [6.07, 6.45) is 0. The number of aromatic hydroxyl groups is 1. The topological polar surface area (TPSA) is 72.8 Å². The van der Waals surface area contributed by atoms with E-state index in [0.717, 1.165) is 0 Å². The Kier molecular flexibility index (Phi) is 5.64. The molecular formula is C20H12Cl2O5. The number of phenolic OH excluding ortho intramolecular Hbond substituents is 1. The summed E-state index contributed by atoms with van der Waals surface area (Å²) in [7, 11) is 0. The van der Waals surface area contributed by atoms with Gasteiger partial charge in [0.1, 0.15) is 5.75 Å². The lowest BCUT2D eigenvalue weighted by Crippen LogP contribution is -2.11. The summed E-state index contributed by atoms with van der Waals surface area (Å²) < 4.78 is 10.4. The number of esters is 2. The first-order valence-corrected chi connectivity index (χ1v) is 8.47. The average Bonchev–Trinajstić information content (AvgIpc) is 2.65. The second-order valence-corrected chi connectivity index (χ2v) is 6.18. The fraction of sp³-hybridized carbons (Fsp3) is 0. The van der Waals surface area contributed by atoms with Crippen molar-refractivity contribution in [2.45, 2.75) is 0 Å². The lowest BCUT2D eigenvalue weighted by molar-refractivity contribution is 0.0728. The van der Waals surface area contributed by atoms with Crippen LogP contribution in [0.15, 0.2) is 66.7 Å². The summed E-state index contributed by atoms with van der Waals surface area (Å²) >= 11 is 11.9. The molecule has 7 heteroatoms. The van der Waals surface area contributed by atoms with Crippen LogP contribution < -0.4 is 9.47 Å². The minimum absolute atomic E-state index is 0.0691. The number of hydrogen-bond donors (Lipinski definition) is 1. The van der Waals surface area contributed by atoms with Crippen molar-refractivity contribution < 1.29 is 24.2 Å². The van der Waals surface area contributed by atoms with Gasteiger partial charge in [0, 0.05) is 6.07 Å². The van der Waals surface area contributed by atoms with Gasteiger partial charge in [-0.1, -0.05) is 47.5 Å². The van der Waals surface area contributed by atoms with Gasteiger partial charge in [0.05, 0.1) is 21.2 Å². The van der Waals surface area contributed by atoms with Crippen molar-refractivity contribution in [1.29, 1.82) is 0 Å². The third-order valence-corrected chi connectivity index (χ3v) is 4.19. The molecule has 0 saturated heterocycles. The van der Waals surface area contributed by atoms with Crippen LogP contribution >= 0.6 is 23.2 Å². The highest BCUT2D eigenvalue weighted by Crippen LogP contribution is 2.32. The Morgan fingerprint density at radius 3 is 1.81 bits per heavy atom. The van der Waals surface area contributed by atoms with Gasteiger partial charge in [0.25, 0.3) is 0 Å². The second kappa shape index (κ2) is 8.12. The Morgan fingerprint density at radius 2 is 1.26 bits per heavy atom. The molecule has 3 aromatic rings. The molecule has 3 aromatic carbocycles. The predicted molar refractivity (Wildman–Crippen MR) is 101 cm³/mol. The molecule has 0 aliphatic heterocycles. The molecule has 27 heavy (non-hydrogen) atoms. The molecule has 0 aromatic heterocycles. The van der Waals surface area contributed by atoms with Gasteiger partial charge in [-0.15, -0.1) is 0 Å². The molecule has 0 atom stereocenters. The number of halogens is 2. The van der Waals surface area contributed by atoms with Crippen LogP contribution in [0, 0.1) is 0 Å². The number of carbonyl (C=O) groups is 2. The SMILES string of the molecule is O=C(Oc1ccc(O)c(OC(=O)c2ccccc2Cl)c1)c1ccccc1Cl. The van der Waals surface area contributed by atoms with Crippen LogP contribution in [-0.2, 0) is 0 Å². The van der Waals surface area contributed by atoms with Crippen LogP contribution in [0.4, 0.5) is 0 Å². The van der Waals surface area contributed by atoms with E-state index in [9.17, 15) is 14.7 Å². The summed E-state index contributed by atoms with van der Waals surface area (Å²) in [5.74, 6) is -1.85. The maximum Gasteiger partial charge on any atom is 0.345 e. The zero-order valence-electron chi connectivity index (χ0n) is 13.7.